The number of halogens is 2. The van der Waals surface area contributed by atoms with Crippen molar-refractivity contribution in [2.45, 2.75) is 6.54 Å². The number of rotatable bonds is 3. The van der Waals surface area contributed by atoms with Crippen LogP contribution in [0.2, 0.25) is 0 Å². The molecule has 0 aliphatic heterocycles. The van der Waals surface area contributed by atoms with E-state index in [0.29, 0.717) is 12.1 Å². The summed E-state index contributed by atoms with van der Waals surface area (Å²) in [6.45, 7) is 0.380. The fourth-order valence-corrected chi connectivity index (χ4v) is 1.78. The Balaban J connectivity index is 2.20. The molecule has 2 rings (SSSR count). The van der Waals surface area contributed by atoms with Gasteiger partial charge >= 0.3 is 0 Å². The van der Waals surface area contributed by atoms with E-state index in [-0.39, 0.29) is 5.82 Å². The van der Waals surface area contributed by atoms with E-state index in [1.54, 1.807) is 30.1 Å². The lowest BCUT2D eigenvalue weighted by molar-refractivity contribution is 0.570. The first kappa shape index (κ1) is 13.0. The summed E-state index contributed by atoms with van der Waals surface area (Å²) in [6.07, 6.45) is 0.973. The van der Waals surface area contributed by atoms with Crippen LogP contribution in [0.4, 0.5) is 14.6 Å². The van der Waals surface area contributed by atoms with E-state index >= 15 is 0 Å². The average Bonchev–Trinajstić information content (AvgIpc) is 2.38. The zero-order valence-corrected chi connectivity index (χ0v) is 10.3. The molecule has 0 bridgehead atoms. The number of hydrogen-bond acceptors (Lipinski definition) is 3. The Bertz CT molecular complexity index is 635. The molecule has 0 aliphatic carbocycles. The lowest BCUT2D eigenvalue weighted by Gasteiger charge is -2.18. The molecule has 0 unspecified atom stereocenters. The molecule has 0 spiro atoms. The third kappa shape index (κ3) is 3.05. The summed E-state index contributed by atoms with van der Waals surface area (Å²) in [5.74, 6) is -1.34. The van der Waals surface area contributed by atoms with Gasteiger partial charge in [0.05, 0.1) is 17.8 Å². The van der Waals surface area contributed by atoms with Crippen LogP contribution in [0.1, 0.15) is 11.1 Å². The van der Waals surface area contributed by atoms with Gasteiger partial charge in [0.15, 0.2) is 11.6 Å². The largest absolute Gasteiger partial charge is 0.353 e. The van der Waals surface area contributed by atoms with Gasteiger partial charge in [0.25, 0.3) is 0 Å². The van der Waals surface area contributed by atoms with Gasteiger partial charge in [-0.1, -0.05) is 12.1 Å². The smallest absolute Gasteiger partial charge is 0.168 e. The molecule has 2 aromatic rings. The van der Waals surface area contributed by atoms with Crippen molar-refractivity contribution >= 4 is 5.82 Å². The van der Waals surface area contributed by atoms with Crippen molar-refractivity contribution in [1.82, 2.24) is 4.98 Å². The fourth-order valence-electron chi connectivity index (χ4n) is 1.78. The molecule has 1 heterocycles. The minimum absolute atomic E-state index is 0.0729. The van der Waals surface area contributed by atoms with E-state index in [1.165, 1.54) is 0 Å². The molecule has 0 atom stereocenters. The molecule has 0 aliphatic rings. The lowest BCUT2D eigenvalue weighted by atomic mass is 10.1. The van der Waals surface area contributed by atoms with Crippen LogP contribution < -0.4 is 4.90 Å². The van der Waals surface area contributed by atoms with Crippen LogP contribution in [-0.4, -0.2) is 12.0 Å². The second kappa shape index (κ2) is 5.44. The molecule has 5 heteroatoms. The van der Waals surface area contributed by atoms with Crippen LogP contribution in [0.15, 0.2) is 36.5 Å². The highest BCUT2D eigenvalue weighted by atomic mass is 19.1. The normalized spacial score (nSPS) is 10.0. The molecule has 96 valence electrons. The minimum Gasteiger partial charge on any atom is -0.353 e. The maximum absolute atomic E-state index is 13.6. The van der Waals surface area contributed by atoms with Crippen molar-refractivity contribution in [3.05, 3.63) is 59.3 Å². The molecule has 1 aromatic carbocycles. The minimum atomic E-state index is -0.709. The van der Waals surface area contributed by atoms with Crippen molar-refractivity contribution < 1.29 is 8.78 Å². The first-order valence-corrected chi connectivity index (χ1v) is 5.61. The highest BCUT2D eigenvalue weighted by molar-refractivity contribution is 5.41. The van der Waals surface area contributed by atoms with Gasteiger partial charge in [0.1, 0.15) is 5.82 Å². The molecule has 0 N–H and O–H groups in total. The first-order chi connectivity index (χ1) is 9.10. The van der Waals surface area contributed by atoms with Crippen LogP contribution in [0, 0.1) is 23.0 Å². The van der Waals surface area contributed by atoms with E-state index in [1.807, 2.05) is 12.1 Å². The topological polar surface area (TPSA) is 39.9 Å². The SMILES string of the molecule is CN(Cc1cccc(C#N)c1)c1ncc(F)cc1F. The molecular weight excluding hydrogens is 248 g/mol. The molecule has 0 radical (unpaired) electrons. The summed E-state index contributed by atoms with van der Waals surface area (Å²) in [4.78, 5) is 5.29. The Hall–Kier alpha value is -2.48. The van der Waals surface area contributed by atoms with Crippen LogP contribution in [0.25, 0.3) is 0 Å². The summed E-state index contributed by atoms with van der Waals surface area (Å²) in [6, 6.07) is 9.84. The zero-order chi connectivity index (χ0) is 13.8. The van der Waals surface area contributed by atoms with Crippen molar-refractivity contribution in [2.75, 3.05) is 11.9 Å². The van der Waals surface area contributed by atoms with Crippen LogP contribution >= 0.6 is 0 Å². The Labute approximate surface area is 109 Å². The average molecular weight is 259 g/mol. The first-order valence-electron chi connectivity index (χ1n) is 5.61. The Kier molecular flexibility index (Phi) is 3.71. The summed E-state index contributed by atoms with van der Waals surface area (Å²) in [5.41, 5.74) is 1.39. The molecular formula is C14H11F2N3. The van der Waals surface area contributed by atoms with Gasteiger partial charge in [-0.3, -0.25) is 0 Å². The van der Waals surface area contributed by atoms with Gasteiger partial charge in [0.2, 0.25) is 0 Å². The second-order valence-corrected chi connectivity index (χ2v) is 4.13. The Morgan fingerprint density at radius 1 is 1.32 bits per heavy atom. The lowest BCUT2D eigenvalue weighted by Crippen LogP contribution is -2.19. The standard InChI is InChI=1S/C14H11F2N3/c1-19(14-13(16)6-12(15)8-18-14)9-11-4-2-3-10(5-11)7-17/h2-6,8H,9H2,1H3. The van der Waals surface area contributed by atoms with Gasteiger partial charge in [0, 0.05) is 19.7 Å². The quantitative estimate of drug-likeness (QED) is 0.850. The fraction of sp³-hybridized carbons (Fsp3) is 0.143. The van der Waals surface area contributed by atoms with E-state index in [4.69, 9.17) is 5.26 Å². The maximum atomic E-state index is 13.6. The number of hydrogen-bond donors (Lipinski definition) is 0. The molecule has 0 amide bonds. The van der Waals surface area contributed by atoms with Crippen LogP contribution in [-0.2, 0) is 6.54 Å². The van der Waals surface area contributed by atoms with Crippen molar-refractivity contribution in [1.29, 1.82) is 5.26 Å². The van der Waals surface area contributed by atoms with E-state index in [2.05, 4.69) is 4.98 Å². The monoisotopic (exact) mass is 259 g/mol. The van der Waals surface area contributed by atoms with Gasteiger partial charge in [-0.2, -0.15) is 5.26 Å². The van der Waals surface area contributed by atoms with Gasteiger partial charge in [-0.15, -0.1) is 0 Å². The van der Waals surface area contributed by atoms with Crippen LogP contribution in [0.3, 0.4) is 0 Å². The second-order valence-electron chi connectivity index (χ2n) is 4.13. The summed E-state index contributed by atoms with van der Waals surface area (Å²) >= 11 is 0. The Morgan fingerprint density at radius 2 is 2.11 bits per heavy atom. The molecule has 3 nitrogen and oxygen atoms in total. The van der Waals surface area contributed by atoms with Crippen molar-refractivity contribution in [2.24, 2.45) is 0 Å². The zero-order valence-electron chi connectivity index (χ0n) is 10.3. The molecule has 0 fully saturated rings. The molecule has 0 saturated carbocycles. The highest BCUT2D eigenvalue weighted by Gasteiger charge is 2.11. The van der Waals surface area contributed by atoms with E-state index in [9.17, 15) is 8.78 Å². The number of aromatic nitrogens is 1. The predicted molar refractivity (Wildman–Crippen MR) is 67.4 cm³/mol. The summed E-state index contributed by atoms with van der Waals surface area (Å²) < 4.78 is 26.3. The summed E-state index contributed by atoms with van der Waals surface area (Å²) in [7, 11) is 1.66. The maximum Gasteiger partial charge on any atom is 0.168 e. The number of anilines is 1. The van der Waals surface area contributed by atoms with Crippen molar-refractivity contribution in [3.8, 4) is 6.07 Å². The number of pyridine rings is 1. The van der Waals surface area contributed by atoms with E-state index in [0.717, 1.165) is 17.8 Å². The third-order valence-electron chi connectivity index (χ3n) is 2.63. The summed E-state index contributed by atoms with van der Waals surface area (Å²) in [5, 5.41) is 8.81. The van der Waals surface area contributed by atoms with Gasteiger partial charge in [-0.05, 0) is 17.7 Å². The molecule has 0 saturated heterocycles. The third-order valence-corrected chi connectivity index (χ3v) is 2.63. The predicted octanol–water partition coefficient (Wildman–Crippen LogP) is 2.87. The number of nitrogens with zero attached hydrogens (tertiary/aromatic N) is 3. The van der Waals surface area contributed by atoms with E-state index < -0.39 is 11.6 Å². The van der Waals surface area contributed by atoms with Gasteiger partial charge < -0.3 is 4.90 Å². The molecule has 19 heavy (non-hydrogen) atoms. The highest BCUT2D eigenvalue weighted by Crippen LogP contribution is 2.17. The van der Waals surface area contributed by atoms with Crippen molar-refractivity contribution in [3.63, 3.8) is 0 Å². The number of nitriles is 1. The Morgan fingerprint density at radius 3 is 2.79 bits per heavy atom. The van der Waals surface area contributed by atoms with Gasteiger partial charge in [-0.25, -0.2) is 13.8 Å². The number of benzene rings is 1. The molecule has 1 aromatic heterocycles. The van der Waals surface area contributed by atoms with Crippen LogP contribution in [0.5, 0.6) is 0 Å².